The van der Waals surface area contributed by atoms with E-state index in [2.05, 4.69) is 32.6 Å². The number of hydrogen-bond donors (Lipinski definition) is 2. The Labute approximate surface area is 230 Å². The molecule has 10 heteroatoms. The van der Waals surface area contributed by atoms with Crippen molar-refractivity contribution in [2.75, 3.05) is 11.5 Å². The van der Waals surface area contributed by atoms with Crippen LogP contribution in [0.25, 0.3) is 11.4 Å². The molecular weight excluding hydrogens is 500 g/mol. The summed E-state index contributed by atoms with van der Waals surface area (Å²) in [6.45, 7) is 3.58. The van der Waals surface area contributed by atoms with Gasteiger partial charge in [-0.2, -0.15) is 10.5 Å². The number of nitrogens with zero attached hydrogens (tertiary/aromatic N) is 8. The molecule has 5 aromatic rings. The summed E-state index contributed by atoms with van der Waals surface area (Å²) in [6.07, 6.45) is 0. The lowest BCUT2D eigenvalue weighted by atomic mass is 10.2. The number of aromatic nitrogens is 2. The van der Waals surface area contributed by atoms with Gasteiger partial charge in [0.2, 0.25) is 0 Å². The molecule has 5 rings (SSSR count). The van der Waals surface area contributed by atoms with Gasteiger partial charge in [0.15, 0.2) is 11.6 Å². The fourth-order valence-corrected chi connectivity index (χ4v) is 4.39. The van der Waals surface area contributed by atoms with Crippen molar-refractivity contribution in [2.45, 2.75) is 13.8 Å². The minimum atomic E-state index is 0.259. The second-order valence-corrected chi connectivity index (χ2v) is 8.90. The first-order chi connectivity index (χ1) is 19.4. The van der Waals surface area contributed by atoms with Crippen LogP contribution >= 0.6 is 0 Å². The van der Waals surface area contributed by atoms with Crippen LogP contribution < -0.4 is 11.5 Å². The number of nitriles is 2. The van der Waals surface area contributed by atoms with E-state index in [-0.39, 0.29) is 11.6 Å². The van der Waals surface area contributed by atoms with Crippen molar-refractivity contribution in [3.05, 3.63) is 107 Å². The highest BCUT2D eigenvalue weighted by Gasteiger charge is 2.22. The topological polar surface area (TPSA) is 159 Å². The van der Waals surface area contributed by atoms with Gasteiger partial charge in [-0.25, -0.2) is 0 Å². The number of nitrogen functional groups attached to an aromatic ring is 2. The van der Waals surface area contributed by atoms with E-state index in [1.807, 2.05) is 84.9 Å². The summed E-state index contributed by atoms with van der Waals surface area (Å²) in [4.78, 5) is 0. The molecule has 0 unspecified atom stereocenters. The Hall–Kier alpha value is -6.00. The first kappa shape index (κ1) is 25.6. The predicted molar refractivity (Wildman–Crippen MR) is 154 cm³/mol. The minimum absolute atomic E-state index is 0.259. The Balaban J connectivity index is 1.59. The van der Waals surface area contributed by atoms with Crippen molar-refractivity contribution in [1.82, 2.24) is 9.13 Å². The molecule has 194 valence electrons. The molecule has 40 heavy (non-hydrogen) atoms. The molecule has 0 aliphatic carbocycles. The van der Waals surface area contributed by atoms with Crippen LogP contribution in [0.4, 0.5) is 34.6 Å². The van der Waals surface area contributed by atoms with Crippen LogP contribution in [0.2, 0.25) is 0 Å². The highest BCUT2D eigenvalue weighted by molar-refractivity contribution is 5.71. The van der Waals surface area contributed by atoms with E-state index >= 15 is 0 Å². The highest BCUT2D eigenvalue weighted by atomic mass is 15.2. The fraction of sp³-hybridized carbons (Fsp3) is 0.0667. The van der Waals surface area contributed by atoms with Gasteiger partial charge in [-0.15, -0.1) is 20.5 Å². The Bertz CT molecular complexity index is 1690. The Kier molecular flexibility index (Phi) is 6.91. The zero-order valence-corrected chi connectivity index (χ0v) is 21.8. The van der Waals surface area contributed by atoms with Crippen molar-refractivity contribution >= 4 is 34.6 Å². The molecule has 0 fully saturated rings. The summed E-state index contributed by atoms with van der Waals surface area (Å²) in [5.41, 5.74) is 17.4. The molecule has 3 aromatic carbocycles. The predicted octanol–water partition coefficient (Wildman–Crippen LogP) is 7.62. The zero-order valence-electron chi connectivity index (χ0n) is 21.8. The molecule has 0 atom stereocenters. The van der Waals surface area contributed by atoms with Crippen LogP contribution in [0.15, 0.2) is 105 Å². The maximum absolute atomic E-state index is 9.73. The number of azo groups is 2. The van der Waals surface area contributed by atoms with Gasteiger partial charge in [0, 0.05) is 22.5 Å². The van der Waals surface area contributed by atoms with Crippen molar-refractivity contribution < 1.29 is 0 Å². The smallest absolute Gasteiger partial charge is 0.165 e. The molecule has 0 bridgehead atoms. The van der Waals surface area contributed by atoms with Crippen LogP contribution in [-0.4, -0.2) is 9.13 Å². The maximum Gasteiger partial charge on any atom is 0.165 e. The van der Waals surface area contributed by atoms with Gasteiger partial charge in [0.25, 0.3) is 0 Å². The molecule has 2 heterocycles. The quantitative estimate of drug-likeness (QED) is 0.219. The van der Waals surface area contributed by atoms with Crippen LogP contribution in [0.3, 0.4) is 0 Å². The molecule has 0 radical (unpaired) electrons. The normalized spacial score (nSPS) is 11.2. The summed E-state index contributed by atoms with van der Waals surface area (Å²) in [7, 11) is 0. The number of hydrogen-bond acceptors (Lipinski definition) is 8. The molecule has 10 nitrogen and oxygen atoms in total. The van der Waals surface area contributed by atoms with Crippen molar-refractivity contribution in [1.29, 1.82) is 10.5 Å². The number of benzene rings is 3. The van der Waals surface area contributed by atoms with E-state index in [4.69, 9.17) is 11.5 Å². The molecule has 0 amide bonds. The largest absolute Gasteiger partial charge is 0.384 e. The second-order valence-electron chi connectivity index (χ2n) is 8.90. The molecular formula is C30H24N10. The first-order valence-electron chi connectivity index (χ1n) is 12.3. The lowest BCUT2D eigenvalue weighted by Crippen LogP contribution is -2.03. The van der Waals surface area contributed by atoms with E-state index < -0.39 is 0 Å². The average Bonchev–Trinajstić information content (AvgIpc) is 3.37. The minimum Gasteiger partial charge on any atom is -0.384 e. The highest BCUT2D eigenvalue weighted by Crippen LogP contribution is 2.38. The first-order valence-corrected chi connectivity index (χ1v) is 12.3. The third-order valence-electron chi connectivity index (χ3n) is 6.46. The molecule has 0 aliphatic rings. The van der Waals surface area contributed by atoms with Crippen LogP contribution in [0.5, 0.6) is 0 Å². The van der Waals surface area contributed by atoms with E-state index in [0.717, 1.165) is 0 Å². The molecule has 2 aromatic heterocycles. The van der Waals surface area contributed by atoms with Gasteiger partial charge in [-0.3, -0.25) is 9.13 Å². The molecule has 0 saturated heterocycles. The Morgan fingerprint density at radius 1 is 0.550 bits per heavy atom. The SMILES string of the molecule is Cc1c(C#N)c(N)n(-c2ccc(-n3c(N)c(C#N)c(C)c3N=Nc3ccccc3)cc2)c1N=Nc1ccccc1. The fourth-order valence-electron chi connectivity index (χ4n) is 4.39. The average molecular weight is 525 g/mol. The van der Waals surface area contributed by atoms with Gasteiger partial charge in [-0.1, -0.05) is 36.4 Å². The van der Waals surface area contributed by atoms with E-state index in [1.54, 1.807) is 23.0 Å². The maximum atomic E-state index is 9.73. The van der Waals surface area contributed by atoms with Gasteiger partial charge >= 0.3 is 0 Å². The lowest BCUT2D eigenvalue weighted by Gasteiger charge is -2.12. The lowest BCUT2D eigenvalue weighted by molar-refractivity contribution is 1.01. The van der Waals surface area contributed by atoms with Gasteiger partial charge in [-0.05, 0) is 62.4 Å². The molecule has 4 N–H and O–H groups in total. The molecule has 0 saturated carbocycles. The molecule has 0 spiro atoms. The molecule has 0 aliphatic heterocycles. The standard InChI is InChI=1S/C30H24N10/c1-19-25(17-31)27(33)39(29(19)37-35-21-9-5-3-6-10-21)23-13-15-24(16-14-23)40-28(34)26(18-32)20(2)30(40)38-36-22-11-7-4-8-12-22/h3-16H,33-34H2,1-2H3. The summed E-state index contributed by atoms with van der Waals surface area (Å²) in [6, 6.07) is 30.2. The number of rotatable bonds is 6. The third kappa shape index (κ3) is 4.57. The van der Waals surface area contributed by atoms with Crippen LogP contribution in [0, 0.1) is 36.5 Å². The van der Waals surface area contributed by atoms with Gasteiger partial charge in [0.05, 0.1) is 22.5 Å². The second kappa shape index (κ2) is 10.8. The Morgan fingerprint density at radius 2 is 0.900 bits per heavy atom. The summed E-state index contributed by atoms with van der Waals surface area (Å²) < 4.78 is 3.37. The van der Waals surface area contributed by atoms with Crippen molar-refractivity contribution in [3.8, 4) is 23.5 Å². The monoisotopic (exact) mass is 524 g/mol. The zero-order chi connectivity index (χ0) is 28.2. The number of anilines is 2. The third-order valence-corrected chi connectivity index (χ3v) is 6.46. The van der Waals surface area contributed by atoms with Crippen molar-refractivity contribution in [3.63, 3.8) is 0 Å². The van der Waals surface area contributed by atoms with Crippen LogP contribution in [-0.2, 0) is 0 Å². The van der Waals surface area contributed by atoms with Crippen LogP contribution in [0.1, 0.15) is 22.3 Å². The summed E-state index contributed by atoms with van der Waals surface area (Å²) in [5.74, 6) is 1.42. The van der Waals surface area contributed by atoms with Crippen molar-refractivity contribution in [2.24, 2.45) is 20.5 Å². The number of nitrogens with two attached hydrogens (primary N) is 2. The van der Waals surface area contributed by atoms with Gasteiger partial charge < -0.3 is 11.5 Å². The summed E-state index contributed by atoms with van der Waals surface area (Å²) in [5, 5.41) is 37.0. The van der Waals surface area contributed by atoms with E-state index in [0.29, 0.717) is 56.6 Å². The van der Waals surface area contributed by atoms with E-state index in [1.165, 1.54) is 0 Å². The Morgan fingerprint density at radius 3 is 1.23 bits per heavy atom. The summed E-state index contributed by atoms with van der Waals surface area (Å²) >= 11 is 0. The van der Waals surface area contributed by atoms with E-state index in [9.17, 15) is 10.5 Å². The van der Waals surface area contributed by atoms with Gasteiger partial charge in [0.1, 0.15) is 23.8 Å².